The van der Waals surface area contributed by atoms with Crippen LogP contribution in [-0.4, -0.2) is 37.7 Å². The maximum absolute atomic E-state index is 12.4. The lowest BCUT2D eigenvalue weighted by Gasteiger charge is -2.12. The first-order valence-corrected chi connectivity index (χ1v) is 10.2. The monoisotopic (exact) mass is 415 g/mol. The Morgan fingerprint density at radius 1 is 1.43 bits per heavy atom. The summed E-state index contributed by atoms with van der Waals surface area (Å²) in [4.78, 5) is 16.5. The van der Waals surface area contributed by atoms with E-state index in [0.717, 1.165) is 5.56 Å². The van der Waals surface area contributed by atoms with Crippen molar-refractivity contribution >= 4 is 34.1 Å². The second kappa shape index (κ2) is 8.03. The quantitative estimate of drug-likeness (QED) is 0.467. The Balaban J connectivity index is 1.56. The molecule has 1 N–H and O–H groups in total. The van der Waals surface area contributed by atoms with Gasteiger partial charge in [-0.05, 0) is 25.1 Å². The summed E-state index contributed by atoms with van der Waals surface area (Å²) in [6, 6.07) is 5.63. The molecule has 0 bridgehead atoms. The summed E-state index contributed by atoms with van der Waals surface area (Å²) >= 11 is 2.71. The number of hydrogen-bond donors (Lipinski definition) is 1. The Labute approximate surface area is 169 Å². The number of thioether (sulfide) groups is 1. The largest absolute Gasteiger partial charge is 0.454 e. The molecular weight excluding hydrogens is 398 g/mol. The van der Waals surface area contributed by atoms with Gasteiger partial charge in [-0.2, -0.15) is 0 Å². The fourth-order valence-electron chi connectivity index (χ4n) is 2.62. The highest BCUT2D eigenvalue weighted by atomic mass is 32.2. The van der Waals surface area contributed by atoms with E-state index in [1.807, 2.05) is 35.1 Å². The molecule has 1 atom stereocenters. The number of nitrogens with one attached hydrogen (secondary N) is 1. The second-order valence-electron chi connectivity index (χ2n) is 5.86. The zero-order chi connectivity index (χ0) is 19.5. The summed E-state index contributed by atoms with van der Waals surface area (Å²) < 4.78 is 12.7. The second-order valence-corrected chi connectivity index (χ2v) is 8.06. The molecular formula is C18H17N5O3S2. The van der Waals surface area contributed by atoms with Crippen LogP contribution in [0.15, 0.2) is 47.6 Å². The highest BCUT2D eigenvalue weighted by Crippen LogP contribution is 2.36. The fraction of sp³-hybridized carbons (Fsp3) is 0.222. The Morgan fingerprint density at radius 2 is 2.29 bits per heavy atom. The molecule has 0 radical (unpaired) electrons. The molecule has 3 aromatic rings. The van der Waals surface area contributed by atoms with Crippen molar-refractivity contribution in [2.45, 2.75) is 23.9 Å². The van der Waals surface area contributed by atoms with E-state index in [4.69, 9.17) is 9.47 Å². The van der Waals surface area contributed by atoms with Crippen molar-refractivity contribution in [3.63, 3.8) is 0 Å². The van der Waals surface area contributed by atoms with Gasteiger partial charge in [0.1, 0.15) is 0 Å². The smallest absolute Gasteiger partial charge is 0.239 e. The van der Waals surface area contributed by atoms with Crippen LogP contribution in [0.5, 0.6) is 11.5 Å². The van der Waals surface area contributed by atoms with Gasteiger partial charge < -0.3 is 14.8 Å². The molecule has 0 saturated heterocycles. The zero-order valence-corrected chi connectivity index (χ0v) is 16.6. The van der Waals surface area contributed by atoms with Crippen LogP contribution in [0.2, 0.25) is 0 Å². The lowest BCUT2D eigenvalue weighted by Crippen LogP contribution is -2.22. The number of ether oxygens (including phenoxy) is 2. The van der Waals surface area contributed by atoms with Gasteiger partial charge in [-0.3, -0.25) is 9.36 Å². The van der Waals surface area contributed by atoms with Gasteiger partial charge in [-0.1, -0.05) is 17.8 Å². The molecule has 1 aliphatic heterocycles. The topological polar surface area (TPSA) is 91.2 Å². The predicted octanol–water partition coefficient (Wildman–Crippen LogP) is 3.44. The van der Waals surface area contributed by atoms with Crippen molar-refractivity contribution in [2.24, 2.45) is 0 Å². The Morgan fingerprint density at radius 3 is 3.07 bits per heavy atom. The first-order valence-electron chi connectivity index (χ1n) is 8.47. The first-order chi connectivity index (χ1) is 13.7. The average Bonchev–Trinajstić information content (AvgIpc) is 3.43. The number of fused-ring (bicyclic) bond motifs is 1. The summed E-state index contributed by atoms with van der Waals surface area (Å²) in [5, 5.41) is 14.1. The van der Waals surface area contributed by atoms with E-state index >= 15 is 0 Å². The summed E-state index contributed by atoms with van der Waals surface area (Å²) in [5.41, 5.74) is 0.852. The van der Waals surface area contributed by atoms with Crippen molar-refractivity contribution < 1.29 is 14.3 Å². The van der Waals surface area contributed by atoms with E-state index in [0.29, 0.717) is 34.2 Å². The molecule has 3 heterocycles. The molecule has 0 aliphatic carbocycles. The zero-order valence-electron chi connectivity index (χ0n) is 15.0. The maximum atomic E-state index is 12.4. The molecule has 8 nitrogen and oxygen atoms in total. The van der Waals surface area contributed by atoms with E-state index < -0.39 is 0 Å². The molecule has 0 unspecified atom stereocenters. The molecule has 0 saturated carbocycles. The van der Waals surface area contributed by atoms with E-state index in [1.54, 1.807) is 12.3 Å². The number of carbonyl (C=O) groups is 1. The highest BCUT2D eigenvalue weighted by Gasteiger charge is 2.22. The predicted molar refractivity (Wildman–Crippen MR) is 108 cm³/mol. The van der Waals surface area contributed by atoms with Gasteiger partial charge in [0, 0.05) is 23.7 Å². The van der Waals surface area contributed by atoms with E-state index in [1.165, 1.54) is 23.1 Å². The van der Waals surface area contributed by atoms with Gasteiger partial charge in [-0.25, -0.2) is 4.98 Å². The van der Waals surface area contributed by atoms with Gasteiger partial charge in [0.25, 0.3) is 0 Å². The molecule has 0 fully saturated rings. The van der Waals surface area contributed by atoms with Crippen LogP contribution < -0.4 is 14.8 Å². The van der Waals surface area contributed by atoms with Crippen molar-refractivity contribution in [2.75, 3.05) is 12.1 Å². The summed E-state index contributed by atoms with van der Waals surface area (Å²) in [6.07, 6.45) is 3.42. The third-order valence-electron chi connectivity index (χ3n) is 3.97. The van der Waals surface area contributed by atoms with Crippen LogP contribution in [-0.2, 0) is 11.3 Å². The number of anilines is 1. The highest BCUT2D eigenvalue weighted by molar-refractivity contribution is 8.00. The molecule has 0 spiro atoms. The molecule has 28 heavy (non-hydrogen) atoms. The Hall–Kier alpha value is -2.85. The number of amides is 1. The molecule has 1 aliphatic rings. The van der Waals surface area contributed by atoms with E-state index in [-0.39, 0.29) is 18.0 Å². The van der Waals surface area contributed by atoms with Crippen LogP contribution in [0.4, 0.5) is 5.13 Å². The molecule has 10 heteroatoms. The van der Waals surface area contributed by atoms with Gasteiger partial charge in [0.15, 0.2) is 27.6 Å². The van der Waals surface area contributed by atoms with Crippen LogP contribution >= 0.6 is 23.1 Å². The fourth-order valence-corrected chi connectivity index (χ4v) is 4.01. The number of allylic oxidation sites excluding steroid dienone is 1. The molecule has 144 valence electrons. The summed E-state index contributed by atoms with van der Waals surface area (Å²) in [6.45, 7) is 6.36. The van der Waals surface area contributed by atoms with Crippen molar-refractivity contribution in [1.29, 1.82) is 0 Å². The van der Waals surface area contributed by atoms with Crippen LogP contribution in [0.25, 0.3) is 11.4 Å². The third-order valence-corrected chi connectivity index (χ3v) is 5.74. The lowest BCUT2D eigenvalue weighted by atomic mass is 10.2. The van der Waals surface area contributed by atoms with Crippen LogP contribution in [0.3, 0.4) is 0 Å². The summed E-state index contributed by atoms with van der Waals surface area (Å²) in [7, 11) is 0. The number of carbonyl (C=O) groups excluding carboxylic acids is 1. The maximum Gasteiger partial charge on any atom is 0.239 e. The van der Waals surface area contributed by atoms with Crippen LogP contribution in [0.1, 0.15) is 6.92 Å². The number of aromatic nitrogens is 4. The standard InChI is InChI=1S/C18H17N5O3S2/c1-3-7-23-15(12-4-5-13-14(9-12)26-10-25-13)21-22-18(23)28-11(2)16(24)20-17-19-6-8-27-17/h3-6,8-9,11H,1,7,10H2,2H3,(H,19,20,24)/t11-/m0/s1. The number of nitrogens with zero attached hydrogens (tertiary/aromatic N) is 4. The Kier molecular flexibility index (Phi) is 5.31. The van der Waals surface area contributed by atoms with Crippen molar-refractivity contribution in [3.05, 3.63) is 42.4 Å². The Bertz CT molecular complexity index is 1000. The van der Waals surface area contributed by atoms with Gasteiger partial charge in [0.2, 0.25) is 12.7 Å². The van der Waals surface area contributed by atoms with E-state index in [9.17, 15) is 4.79 Å². The van der Waals surface area contributed by atoms with Crippen molar-refractivity contribution in [1.82, 2.24) is 19.7 Å². The number of hydrogen-bond acceptors (Lipinski definition) is 8. The minimum atomic E-state index is -0.374. The SMILES string of the molecule is C=CCn1c(S[C@@H](C)C(=O)Nc2nccs2)nnc1-c1ccc2c(c1)OCO2. The first kappa shape index (κ1) is 18.5. The number of rotatable bonds is 7. The minimum Gasteiger partial charge on any atom is -0.454 e. The summed E-state index contributed by atoms with van der Waals surface area (Å²) in [5.74, 6) is 1.92. The molecule has 1 amide bonds. The van der Waals surface area contributed by atoms with Gasteiger partial charge in [0.05, 0.1) is 5.25 Å². The van der Waals surface area contributed by atoms with Crippen LogP contribution in [0, 0.1) is 0 Å². The average molecular weight is 416 g/mol. The number of thiazole rings is 1. The van der Waals surface area contributed by atoms with Gasteiger partial charge in [-0.15, -0.1) is 28.1 Å². The minimum absolute atomic E-state index is 0.141. The molecule has 1 aromatic carbocycles. The number of benzene rings is 1. The van der Waals surface area contributed by atoms with E-state index in [2.05, 4.69) is 27.1 Å². The normalized spacial score (nSPS) is 13.3. The molecule has 2 aromatic heterocycles. The van der Waals surface area contributed by atoms with Crippen molar-refractivity contribution in [3.8, 4) is 22.9 Å². The van der Waals surface area contributed by atoms with Gasteiger partial charge >= 0.3 is 0 Å². The third kappa shape index (κ3) is 3.73. The molecule has 4 rings (SSSR count). The lowest BCUT2D eigenvalue weighted by molar-refractivity contribution is -0.115.